The van der Waals surface area contributed by atoms with Crippen LogP contribution in [0.2, 0.25) is 0 Å². The molecule has 0 fully saturated rings. The molecule has 0 aromatic heterocycles. The van der Waals surface area contributed by atoms with Gasteiger partial charge >= 0.3 is 0 Å². The predicted octanol–water partition coefficient (Wildman–Crippen LogP) is 0.652. The molecule has 1 amide bonds. The lowest BCUT2D eigenvalue weighted by molar-refractivity contribution is -0.121. The first-order chi connectivity index (χ1) is 6.81. The molecule has 0 saturated heterocycles. The molecule has 4 heteroatoms. The quantitative estimate of drug-likeness (QED) is 0.424. The van der Waals surface area contributed by atoms with Crippen LogP contribution in [0.3, 0.4) is 0 Å². The molecular formula is C10H20N2O2. The molecule has 0 radical (unpaired) electrons. The van der Waals surface area contributed by atoms with Gasteiger partial charge in [-0.3, -0.25) is 4.79 Å². The fraction of sp³-hybridized carbons (Fsp3) is 0.700. The lowest BCUT2D eigenvalue weighted by Gasteiger charge is -2.05. The lowest BCUT2D eigenvalue weighted by Crippen LogP contribution is -2.28. The van der Waals surface area contributed by atoms with Crippen molar-refractivity contribution < 1.29 is 9.53 Å². The summed E-state index contributed by atoms with van der Waals surface area (Å²) in [5, 5.41) is 5.90. The average Bonchev–Trinajstić information content (AvgIpc) is 2.18. The van der Waals surface area contributed by atoms with Crippen LogP contribution in [0.25, 0.3) is 0 Å². The number of carbonyl (C=O) groups excluding carboxylic acids is 1. The van der Waals surface area contributed by atoms with E-state index in [2.05, 4.69) is 17.2 Å². The molecule has 0 spiro atoms. The van der Waals surface area contributed by atoms with Gasteiger partial charge in [0.25, 0.3) is 0 Å². The highest BCUT2D eigenvalue weighted by molar-refractivity contribution is 5.75. The second-order valence-corrected chi connectivity index (χ2v) is 2.84. The molecule has 0 atom stereocenters. The normalized spacial score (nSPS) is 9.50. The molecule has 0 aromatic rings. The van der Waals surface area contributed by atoms with Crippen LogP contribution in [0, 0.1) is 0 Å². The van der Waals surface area contributed by atoms with Crippen LogP contribution in [0.1, 0.15) is 19.8 Å². The van der Waals surface area contributed by atoms with Crippen molar-refractivity contribution in [1.82, 2.24) is 10.6 Å². The van der Waals surface area contributed by atoms with Crippen LogP contribution < -0.4 is 10.6 Å². The van der Waals surface area contributed by atoms with E-state index in [9.17, 15) is 4.79 Å². The molecule has 0 rings (SSSR count). The van der Waals surface area contributed by atoms with Gasteiger partial charge in [-0.15, -0.1) is 0 Å². The third kappa shape index (κ3) is 9.06. The first-order valence-corrected chi connectivity index (χ1v) is 5.01. The van der Waals surface area contributed by atoms with E-state index in [1.165, 1.54) is 6.26 Å². The zero-order valence-electron chi connectivity index (χ0n) is 8.84. The Morgan fingerprint density at radius 1 is 1.50 bits per heavy atom. The molecular weight excluding hydrogens is 180 g/mol. The average molecular weight is 200 g/mol. The monoisotopic (exact) mass is 200 g/mol. The Labute approximate surface area is 85.7 Å². The SMILES string of the molecule is C=COCCCNC(=O)CCNCC. The zero-order valence-corrected chi connectivity index (χ0v) is 8.84. The number of hydrogen-bond donors (Lipinski definition) is 2. The summed E-state index contributed by atoms with van der Waals surface area (Å²) in [5.41, 5.74) is 0. The summed E-state index contributed by atoms with van der Waals surface area (Å²) in [7, 11) is 0. The first kappa shape index (κ1) is 13.0. The molecule has 4 nitrogen and oxygen atoms in total. The van der Waals surface area contributed by atoms with E-state index in [0.29, 0.717) is 19.6 Å². The Morgan fingerprint density at radius 2 is 2.29 bits per heavy atom. The van der Waals surface area contributed by atoms with E-state index in [1.54, 1.807) is 0 Å². The third-order valence-corrected chi connectivity index (χ3v) is 1.66. The maximum absolute atomic E-state index is 11.1. The predicted molar refractivity (Wildman–Crippen MR) is 56.9 cm³/mol. The molecule has 0 aliphatic rings. The Balaban J connectivity index is 3.14. The standard InChI is InChI=1S/C10H20N2O2/c1-3-11-8-6-10(13)12-7-5-9-14-4-2/h4,11H,2-3,5-9H2,1H3,(H,12,13). The molecule has 0 heterocycles. The Kier molecular flexibility index (Phi) is 9.31. The topological polar surface area (TPSA) is 50.4 Å². The summed E-state index contributed by atoms with van der Waals surface area (Å²) in [6.07, 6.45) is 2.77. The second-order valence-electron chi connectivity index (χ2n) is 2.84. The van der Waals surface area contributed by atoms with Crippen LogP contribution in [0.15, 0.2) is 12.8 Å². The van der Waals surface area contributed by atoms with E-state index in [0.717, 1.165) is 19.5 Å². The summed E-state index contributed by atoms with van der Waals surface area (Å²) in [6.45, 7) is 8.36. The van der Waals surface area contributed by atoms with Crippen LogP contribution in [-0.4, -0.2) is 32.1 Å². The number of carbonyl (C=O) groups is 1. The summed E-state index contributed by atoms with van der Waals surface area (Å²) < 4.78 is 4.91. The van der Waals surface area contributed by atoms with Crippen molar-refractivity contribution in [3.05, 3.63) is 12.8 Å². The minimum atomic E-state index is 0.0875. The van der Waals surface area contributed by atoms with Gasteiger partial charge in [0.1, 0.15) is 0 Å². The number of rotatable bonds is 9. The van der Waals surface area contributed by atoms with Gasteiger partial charge in [-0.25, -0.2) is 0 Å². The molecule has 0 saturated carbocycles. The molecule has 82 valence electrons. The minimum absolute atomic E-state index is 0.0875. The third-order valence-electron chi connectivity index (χ3n) is 1.66. The number of ether oxygens (including phenoxy) is 1. The highest BCUT2D eigenvalue weighted by Gasteiger charge is 1.98. The van der Waals surface area contributed by atoms with Crippen LogP contribution in [0.4, 0.5) is 0 Å². The molecule has 0 aliphatic carbocycles. The number of nitrogens with one attached hydrogen (secondary N) is 2. The van der Waals surface area contributed by atoms with Crippen molar-refractivity contribution in [3.63, 3.8) is 0 Å². The van der Waals surface area contributed by atoms with Gasteiger partial charge in [0.15, 0.2) is 0 Å². The van der Waals surface area contributed by atoms with Gasteiger partial charge in [0, 0.05) is 19.5 Å². The van der Waals surface area contributed by atoms with Crippen LogP contribution in [0.5, 0.6) is 0 Å². The van der Waals surface area contributed by atoms with Crippen LogP contribution >= 0.6 is 0 Å². The van der Waals surface area contributed by atoms with Crippen molar-refractivity contribution in [2.24, 2.45) is 0 Å². The van der Waals surface area contributed by atoms with Crippen molar-refractivity contribution in [2.45, 2.75) is 19.8 Å². The summed E-state index contributed by atoms with van der Waals surface area (Å²) in [5.74, 6) is 0.0875. The lowest BCUT2D eigenvalue weighted by atomic mass is 10.3. The highest BCUT2D eigenvalue weighted by atomic mass is 16.5. The highest BCUT2D eigenvalue weighted by Crippen LogP contribution is 1.82. The maximum Gasteiger partial charge on any atom is 0.221 e. The van der Waals surface area contributed by atoms with E-state index in [-0.39, 0.29) is 5.91 Å². The van der Waals surface area contributed by atoms with Gasteiger partial charge in [-0.1, -0.05) is 13.5 Å². The van der Waals surface area contributed by atoms with Gasteiger partial charge in [0.05, 0.1) is 12.9 Å². The summed E-state index contributed by atoms with van der Waals surface area (Å²) in [6, 6.07) is 0. The Hall–Kier alpha value is -1.03. The fourth-order valence-corrected chi connectivity index (χ4v) is 0.934. The Bertz CT molecular complexity index is 160. The van der Waals surface area contributed by atoms with Crippen molar-refractivity contribution >= 4 is 5.91 Å². The largest absolute Gasteiger partial charge is 0.502 e. The summed E-state index contributed by atoms with van der Waals surface area (Å²) in [4.78, 5) is 11.1. The minimum Gasteiger partial charge on any atom is -0.502 e. The molecule has 0 unspecified atom stereocenters. The fourth-order valence-electron chi connectivity index (χ4n) is 0.934. The van der Waals surface area contributed by atoms with Gasteiger partial charge in [-0.05, 0) is 13.0 Å². The molecule has 0 aromatic carbocycles. The molecule has 0 aliphatic heterocycles. The molecule has 0 bridgehead atoms. The molecule has 14 heavy (non-hydrogen) atoms. The maximum atomic E-state index is 11.1. The smallest absolute Gasteiger partial charge is 0.221 e. The molecule has 2 N–H and O–H groups in total. The van der Waals surface area contributed by atoms with Crippen LogP contribution in [-0.2, 0) is 9.53 Å². The van der Waals surface area contributed by atoms with Gasteiger partial charge < -0.3 is 15.4 Å². The van der Waals surface area contributed by atoms with E-state index in [4.69, 9.17) is 4.74 Å². The van der Waals surface area contributed by atoms with Crippen molar-refractivity contribution in [2.75, 3.05) is 26.2 Å². The number of amides is 1. The first-order valence-electron chi connectivity index (χ1n) is 5.01. The zero-order chi connectivity index (χ0) is 10.6. The van der Waals surface area contributed by atoms with E-state index >= 15 is 0 Å². The Morgan fingerprint density at radius 3 is 2.93 bits per heavy atom. The van der Waals surface area contributed by atoms with E-state index in [1.807, 2.05) is 6.92 Å². The second kappa shape index (κ2) is 10.1. The van der Waals surface area contributed by atoms with Gasteiger partial charge in [-0.2, -0.15) is 0 Å². The number of hydrogen-bond acceptors (Lipinski definition) is 3. The van der Waals surface area contributed by atoms with Crippen molar-refractivity contribution in [1.29, 1.82) is 0 Å². The summed E-state index contributed by atoms with van der Waals surface area (Å²) >= 11 is 0. The van der Waals surface area contributed by atoms with Crippen molar-refractivity contribution in [3.8, 4) is 0 Å². The van der Waals surface area contributed by atoms with E-state index < -0.39 is 0 Å². The van der Waals surface area contributed by atoms with Gasteiger partial charge in [0.2, 0.25) is 5.91 Å².